The maximum absolute atomic E-state index is 11.6. The van der Waals surface area contributed by atoms with Crippen molar-refractivity contribution in [1.82, 2.24) is 10.6 Å². The van der Waals surface area contributed by atoms with E-state index in [0.29, 0.717) is 6.54 Å². The summed E-state index contributed by atoms with van der Waals surface area (Å²) in [6.07, 6.45) is -4.30. The molecule has 0 saturated carbocycles. The molecular weight excluding hydrogens is 197 g/mol. The Labute approximate surface area is 81.1 Å². The van der Waals surface area contributed by atoms with E-state index in [0.717, 1.165) is 6.42 Å². The largest absolute Gasteiger partial charge is 0.390 e. The second-order valence-corrected chi connectivity index (χ2v) is 2.89. The van der Waals surface area contributed by atoms with Gasteiger partial charge in [-0.3, -0.25) is 4.79 Å². The Hall–Kier alpha value is -0.780. The van der Waals surface area contributed by atoms with E-state index in [9.17, 15) is 18.0 Å². The molecule has 0 aromatic carbocycles. The molecule has 0 atom stereocenters. The van der Waals surface area contributed by atoms with E-state index in [4.69, 9.17) is 0 Å². The number of hydrogen-bond donors (Lipinski definition) is 2. The van der Waals surface area contributed by atoms with Crippen molar-refractivity contribution in [3.63, 3.8) is 0 Å². The Morgan fingerprint density at radius 1 is 1.29 bits per heavy atom. The molecule has 0 rings (SSSR count). The number of carbonyl (C=O) groups is 1. The molecule has 3 nitrogen and oxygen atoms in total. The molecule has 0 heterocycles. The van der Waals surface area contributed by atoms with Gasteiger partial charge in [0.25, 0.3) is 0 Å². The summed E-state index contributed by atoms with van der Waals surface area (Å²) in [6, 6.07) is 0. The predicted octanol–water partition coefficient (Wildman–Crippen LogP) is 1.05. The molecule has 0 bridgehead atoms. The first kappa shape index (κ1) is 13.2. The number of carbonyl (C=O) groups excluding carboxylic acids is 1. The highest BCUT2D eigenvalue weighted by Crippen LogP contribution is 2.17. The van der Waals surface area contributed by atoms with Crippen molar-refractivity contribution < 1.29 is 18.0 Å². The first-order chi connectivity index (χ1) is 6.45. The average molecular weight is 212 g/mol. The van der Waals surface area contributed by atoms with Crippen molar-refractivity contribution in [2.24, 2.45) is 0 Å². The van der Waals surface area contributed by atoms with Crippen LogP contribution in [-0.4, -0.2) is 31.7 Å². The molecule has 0 radical (unpaired) electrons. The number of alkyl halides is 3. The Morgan fingerprint density at radius 2 is 1.93 bits per heavy atom. The summed E-state index contributed by atoms with van der Waals surface area (Å²) in [5.74, 6) is -0.400. The molecule has 0 aliphatic heterocycles. The molecule has 1 amide bonds. The third-order valence-electron chi connectivity index (χ3n) is 1.44. The maximum Gasteiger partial charge on any atom is 0.390 e. The van der Waals surface area contributed by atoms with Gasteiger partial charge >= 0.3 is 6.18 Å². The van der Waals surface area contributed by atoms with Crippen molar-refractivity contribution in [2.45, 2.75) is 25.9 Å². The van der Waals surface area contributed by atoms with Crippen molar-refractivity contribution >= 4 is 5.91 Å². The lowest BCUT2D eigenvalue weighted by Crippen LogP contribution is -2.35. The molecule has 0 aliphatic rings. The fraction of sp³-hybridized carbons (Fsp3) is 0.875. The number of hydrogen-bond acceptors (Lipinski definition) is 2. The quantitative estimate of drug-likeness (QED) is 0.646. The van der Waals surface area contributed by atoms with Gasteiger partial charge in [-0.1, -0.05) is 6.92 Å². The predicted molar refractivity (Wildman–Crippen MR) is 46.8 cm³/mol. The van der Waals surface area contributed by atoms with Gasteiger partial charge in [-0.05, 0) is 13.0 Å². The first-order valence-corrected chi connectivity index (χ1v) is 4.50. The minimum atomic E-state index is -4.20. The molecular formula is C8H15F3N2O. The minimum Gasteiger partial charge on any atom is -0.355 e. The van der Waals surface area contributed by atoms with Gasteiger partial charge < -0.3 is 10.6 Å². The van der Waals surface area contributed by atoms with E-state index < -0.39 is 18.5 Å². The lowest BCUT2D eigenvalue weighted by molar-refractivity contribution is -0.135. The molecule has 2 N–H and O–H groups in total. The summed E-state index contributed by atoms with van der Waals surface area (Å²) in [5.41, 5.74) is 0. The van der Waals surface area contributed by atoms with E-state index in [1.54, 1.807) is 0 Å². The smallest absolute Gasteiger partial charge is 0.355 e. The Kier molecular flexibility index (Phi) is 6.27. The molecule has 0 spiro atoms. The molecule has 6 heteroatoms. The first-order valence-electron chi connectivity index (χ1n) is 4.50. The van der Waals surface area contributed by atoms with Crippen molar-refractivity contribution in [3.05, 3.63) is 0 Å². The molecule has 0 aromatic heterocycles. The average Bonchev–Trinajstić information content (AvgIpc) is 2.02. The fourth-order valence-corrected chi connectivity index (χ4v) is 0.785. The minimum absolute atomic E-state index is 0.0751. The molecule has 84 valence electrons. The molecule has 0 fully saturated rings. The number of amides is 1. The van der Waals surface area contributed by atoms with Crippen LogP contribution in [0.3, 0.4) is 0 Å². The highest BCUT2D eigenvalue weighted by molar-refractivity contribution is 5.77. The number of nitrogens with one attached hydrogen (secondary N) is 2. The number of halogens is 3. The highest BCUT2D eigenvalue weighted by Gasteiger charge is 2.26. The van der Waals surface area contributed by atoms with Gasteiger partial charge in [-0.2, -0.15) is 13.2 Å². The van der Waals surface area contributed by atoms with Crippen LogP contribution in [0.4, 0.5) is 13.2 Å². The SMILES string of the molecule is CCCNCC(=O)NCCC(F)(F)F. The summed E-state index contributed by atoms with van der Waals surface area (Å²) in [4.78, 5) is 10.9. The van der Waals surface area contributed by atoms with Gasteiger partial charge in [0.15, 0.2) is 0 Å². The second kappa shape index (κ2) is 6.64. The van der Waals surface area contributed by atoms with Gasteiger partial charge in [-0.25, -0.2) is 0 Å². The lowest BCUT2D eigenvalue weighted by atomic mass is 10.4. The molecule has 0 unspecified atom stereocenters. The Balaban J connectivity index is 3.36. The summed E-state index contributed by atoms with van der Waals surface area (Å²) >= 11 is 0. The molecule has 0 aliphatic carbocycles. The van der Waals surface area contributed by atoms with Crippen LogP contribution >= 0.6 is 0 Å². The lowest BCUT2D eigenvalue weighted by Gasteiger charge is -2.08. The van der Waals surface area contributed by atoms with Crippen LogP contribution in [0.2, 0.25) is 0 Å². The van der Waals surface area contributed by atoms with Gasteiger partial charge in [0.05, 0.1) is 13.0 Å². The maximum atomic E-state index is 11.6. The summed E-state index contributed by atoms with van der Waals surface area (Å²) < 4.78 is 34.9. The van der Waals surface area contributed by atoms with E-state index in [2.05, 4.69) is 10.6 Å². The molecule has 14 heavy (non-hydrogen) atoms. The summed E-state index contributed by atoms with van der Waals surface area (Å²) in [7, 11) is 0. The summed E-state index contributed by atoms with van der Waals surface area (Å²) in [5, 5.41) is 4.97. The van der Waals surface area contributed by atoms with Crippen LogP contribution in [-0.2, 0) is 4.79 Å². The number of rotatable bonds is 6. The zero-order valence-corrected chi connectivity index (χ0v) is 8.08. The van der Waals surface area contributed by atoms with Crippen LogP contribution in [0.25, 0.3) is 0 Å². The zero-order valence-electron chi connectivity index (χ0n) is 8.08. The Morgan fingerprint density at radius 3 is 2.43 bits per heavy atom. The second-order valence-electron chi connectivity index (χ2n) is 2.89. The molecule has 0 aromatic rings. The topological polar surface area (TPSA) is 41.1 Å². The van der Waals surface area contributed by atoms with Crippen molar-refractivity contribution in [2.75, 3.05) is 19.6 Å². The third-order valence-corrected chi connectivity index (χ3v) is 1.44. The van der Waals surface area contributed by atoms with Crippen LogP contribution in [0.15, 0.2) is 0 Å². The van der Waals surface area contributed by atoms with Crippen LogP contribution < -0.4 is 10.6 Å². The van der Waals surface area contributed by atoms with Gasteiger partial charge in [-0.15, -0.1) is 0 Å². The third kappa shape index (κ3) is 9.31. The monoisotopic (exact) mass is 212 g/mol. The highest BCUT2D eigenvalue weighted by atomic mass is 19.4. The van der Waals surface area contributed by atoms with E-state index in [-0.39, 0.29) is 13.1 Å². The van der Waals surface area contributed by atoms with Crippen LogP contribution in [0.5, 0.6) is 0 Å². The van der Waals surface area contributed by atoms with E-state index in [1.807, 2.05) is 6.92 Å². The van der Waals surface area contributed by atoms with Gasteiger partial charge in [0.2, 0.25) is 5.91 Å². The van der Waals surface area contributed by atoms with Gasteiger partial charge in [0, 0.05) is 6.54 Å². The Bertz CT molecular complexity index is 170. The van der Waals surface area contributed by atoms with Crippen LogP contribution in [0.1, 0.15) is 19.8 Å². The molecule has 0 saturated heterocycles. The normalized spacial score (nSPS) is 11.4. The van der Waals surface area contributed by atoms with E-state index >= 15 is 0 Å². The zero-order chi connectivity index (χ0) is 11.0. The van der Waals surface area contributed by atoms with Crippen molar-refractivity contribution in [1.29, 1.82) is 0 Å². The van der Waals surface area contributed by atoms with E-state index in [1.165, 1.54) is 0 Å². The summed E-state index contributed by atoms with van der Waals surface area (Å²) in [6.45, 7) is 2.35. The fourth-order valence-electron chi connectivity index (χ4n) is 0.785. The van der Waals surface area contributed by atoms with Crippen LogP contribution in [0, 0.1) is 0 Å². The standard InChI is InChI=1S/C8H15F3N2O/c1-2-4-12-6-7(14)13-5-3-8(9,10)11/h12H,2-6H2,1H3,(H,13,14). The van der Waals surface area contributed by atoms with Gasteiger partial charge in [0.1, 0.15) is 0 Å². The van der Waals surface area contributed by atoms with Crippen molar-refractivity contribution in [3.8, 4) is 0 Å².